The van der Waals surface area contributed by atoms with Crippen molar-refractivity contribution in [2.75, 3.05) is 0 Å². The third-order valence-electron chi connectivity index (χ3n) is 1.50. The zero-order valence-corrected chi connectivity index (χ0v) is 7.08. The number of fused-ring (bicyclic) bond motifs is 1. The molecule has 0 saturated carbocycles. The van der Waals surface area contributed by atoms with Gasteiger partial charge in [0.1, 0.15) is 4.64 Å². The van der Waals surface area contributed by atoms with E-state index in [0.29, 0.717) is 10.3 Å². The van der Waals surface area contributed by atoms with E-state index < -0.39 is 5.97 Å². The Hall–Kier alpha value is -1.76. The number of hydrogen-bond donors (Lipinski definition) is 2. The largest absolute Gasteiger partial charge is 0.477 e. The van der Waals surface area contributed by atoms with Gasteiger partial charge in [0.15, 0.2) is 11.3 Å². The summed E-state index contributed by atoms with van der Waals surface area (Å²) in [6, 6.07) is 1.29. The summed E-state index contributed by atoms with van der Waals surface area (Å²) < 4.78 is 1.75. The monoisotopic (exact) mass is 196 g/mol. The molecule has 0 unspecified atom stereocenters. The molecular weight excluding hydrogens is 192 g/mol. The highest BCUT2D eigenvalue weighted by atomic mass is 32.1. The molecule has 0 atom stereocenters. The van der Waals surface area contributed by atoms with Crippen LogP contribution in [0.15, 0.2) is 12.3 Å². The molecule has 2 rings (SSSR count). The van der Waals surface area contributed by atoms with Gasteiger partial charge in [0, 0.05) is 6.07 Å². The number of carboxylic acid groups (broad SMARTS) is 1. The van der Waals surface area contributed by atoms with Crippen LogP contribution in [0.2, 0.25) is 0 Å². The quantitative estimate of drug-likeness (QED) is 0.648. The lowest BCUT2D eigenvalue weighted by molar-refractivity contribution is 0.0690. The predicted octanol–water partition coefficient (Wildman–Crippen LogP) is 0.485. The fourth-order valence-electron chi connectivity index (χ4n) is 0.941. The lowest BCUT2D eigenvalue weighted by Gasteiger charge is -1.94. The molecule has 66 valence electrons. The molecule has 0 bridgehead atoms. The van der Waals surface area contributed by atoms with Gasteiger partial charge in [0.25, 0.3) is 0 Å². The number of aromatic amines is 1. The summed E-state index contributed by atoms with van der Waals surface area (Å²) in [5, 5.41) is 14.9. The normalized spacial score (nSPS) is 10.5. The topological polar surface area (TPSA) is 83.3 Å². The molecule has 0 aliphatic heterocycles. The first-order valence-corrected chi connectivity index (χ1v) is 3.76. The molecule has 0 aliphatic rings. The highest BCUT2D eigenvalue weighted by molar-refractivity contribution is 7.71. The maximum atomic E-state index is 10.6. The van der Waals surface area contributed by atoms with Gasteiger partial charge >= 0.3 is 5.97 Å². The van der Waals surface area contributed by atoms with E-state index in [0.717, 1.165) is 0 Å². The summed E-state index contributed by atoms with van der Waals surface area (Å²) in [5.41, 5.74) is 0.316. The summed E-state index contributed by atoms with van der Waals surface area (Å²) in [5.74, 6) is -1.10. The van der Waals surface area contributed by atoms with Crippen LogP contribution in [0.4, 0.5) is 0 Å². The summed E-state index contributed by atoms with van der Waals surface area (Å²) in [6.07, 6.45) is 1.40. The molecule has 2 heterocycles. The van der Waals surface area contributed by atoms with Crippen LogP contribution in [0.25, 0.3) is 5.65 Å². The van der Waals surface area contributed by atoms with E-state index in [1.807, 2.05) is 0 Å². The van der Waals surface area contributed by atoms with Crippen molar-refractivity contribution in [2.24, 2.45) is 0 Å². The van der Waals surface area contributed by atoms with Crippen LogP contribution in [0.3, 0.4) is 0 Å². The van der Waals surface area contributed by atoms with Gasteiger partial charge < -0.3 is 5.11 Å². The molecule has 7 heteroatoms. The van der Waals surface area contributed by atoms with Crippen molar-refractivity contribution in [1.29, 1.82) is 0 Å². The zero-order valence-electron chi connectivity index (χ0n) is 6.26. The number of carbonyl (C=O) groups is 1. The number of aromatic carboxylic acids is 1. The van der Waals surface area contributed by atoms with Crippen molar-refractivity contribution in [3.8, 4) is 0 Å². The third-order valence-corrected chi connectivity index (χ3v) is 1.80. The molecule has 0 saturated heterocycles. The lowest BCUT2D eigenvalue weighted by atomic mass is 10.4. The molecule has 2 aromatic heterocycles. The molecule has 0 aromatic carbocycles. The fourth-order valence-corrected chi connectivity index (χ4v) is 1.19. The Kier molecular flexibility index (Phi) is 1.59. The Morgan fingerprint density at radius 2 is 2.46 bits per heavy atom. The fraction of sp³-hybridized carbons (Fsp3) is 0. The molecule has 13 heavy (non-hydrogen) atoms. The van der Waals surface area contributed by atoms with Crippen molar-refractivity contribution in [2.45, 2.75) is 0 Å². The second-order valence-electron chi connectivity index (χ2n) is 2.34. The van der Waals surface area contributed by atoms with E-state index in [-0.39, 0.29) is 5.69 Å². The molecule has 0 aliphatic carbocycles. The van der Waals surface area contributed by atoms with Crippen molar-refractivity contribution >= 4 is 23.8 Å². The summed E-state index contributed by atoms with van der Waals surface area (Å²) in [7, 11) is 0. The summed E-state index contributed by atoms with van der Waals surface area (Å²) in [6.45, 7) is 0. The standard InChI is InChI=1S/C6H4N4O2S/c11-6(12)3-1-5(13)10-4(8-3)2-7-9-10/h1-2,9H,(H,11,12). The van der Waals surface area contributed by atoms with E-state index >= 15 is 0 Å². The highest BCUT2D eigenvalue weighted by Gasteiger charge is 2.07. The highest BCUT2D eigenvalue weighted by Crippen LogP contribution is 2.01. The van der Waals surface area contributed by atoms with Crippen LogP contribution < -0.4 is 0 Å². The first kappa shape index (κ1) is 7.87. The summed E-state index contributed by atoms with van der Waals surface area (Å²) >= 11 is 4.90. The van der Waals surface area contributed by atoms with E-state index in [9.17, 15) is 4.79 Å². The Labute approximate surface area is 76.8 Å². The molecule has 0 radical (unpaired) electrons. The van der Waals surface area contributed by atoms with Gasteiger partial charge in [0.05, 0.1) is 6.20 Å². The number of carboxylic acids is 1. The minimum absolute atomic E-state index is 0.0774. The Balaban J connectivity index is 2.85. The van der Waals surface area contributed by atoms with Gasteiger partial charge in [-0.15, -0.1) is 0 Å². The number of nitrogens with zero attached hydrogens (tertiary/aromatic N) is 3. The first-order valence-electron chi connectivity index (χ1n) is 3.35. The van der Waals surface area contributed by atoms with E-state index in [1.165, 1.54) is 16.8 Å². The third kappa shape index (κ3) is 1.18. The smallest absolute Gasteiger partial charge is 0.354 e. The number of rotatable bonds is 1. The van der Waals surface area contributed by atoms with Crippen molar-refractivity contribution in [3.05, 3.63) is 22.6 Å². The van der Waals surface area contributed by atoms with Gasteiger partial charge in [-0.1, -0.05) is 12.2 Å². The molecule has 0 amide bonds. The Morgan fingerprint density at radius 3 is 3.15 bits per heavy atom. The van der Waals surface area contributed by atoms with Gasteiger partial charge in [-0.3, -0.25) is 0 Å². The Bertz CT molecular complexity index is 529. The number of aromatic nitrogens is 4. The zero-order chi connectivity index (χ0) is 9.42. The van der Waals surface area contributed by atoms with Crippen LogP contribution in [-0.4, -0.2) is 30.9 Å². The average Bonchev–Trinajstić information content (AvgIpc) is 2.51. The van der Waals surface area contributed by atoms with E-state index in [2.05, 4.69) is 15.3 Å². The molecular formula is C6H4N4O2S. The van der Waals surface area contributed by atoms with Gasteiger partial charge in [0.2, 0.25) is 0 Å². The predicted molar refractivity (Wildman–Crippen MR) is 45.1 cm³/mol. The second kappa shape index (κ2) is 2.63. The van der Waals surface area contributed by atoms with Crippen LogP contribution in [-0.2, 0) is 0 Å². The van der Waals surface area contributed by atoms with E-state index in [4.69, 9.17) is 17.3 Å². The lowest BCUT2D eigenvalue weighted by Crippen LogP contribution is -2.03. The van der Waals surface area contributed by atoms with Crippen molar-refractivity contribution in [1.82, 2.24) is 19.8 Å². The first-order chi connectivity index (χ1) is 6.18. The van der Waals surface area contributed by atoms with Crippen LogP contribution in [0.5, 0.6) is 0 Å². The minimum Gasteiger partial charge on any atom is -0.477 e. The number of nitrogens with one attached hydrogen (secondary N) is 1. The van der Waals surface area contributed by atoms with Gasteiger partial charge in [-0.05, 0) is 0 Å². The van der Waals surface area contributed by atoms with E-state index in [1.54, 1.807) is 0 Å². The maximum Gasteiger partial charge on any atom is 0.354 e. The van der Waals surface area contributed by atoms with Crippen molar-refractivity contribution < 1.29 is 9.90 Å². The average molecular weight is 196 g/mol. The second-order valence-corrected chi connectivity index (χ2v) is 2.75. The minimum atomic E-state index is -1.10. The van der Waals surface area contributed by atoms with Crippen LogP contribution in [0, 0.1) is 4.64 Å². The van der Waals surface area contributed by atoms with Crippen LogP contribution >= 0.6 is 12.2 Å². The summed E-state index contributed by atoms with van der Waals surface area (Å²) in [4.78, 5) is 14.4. The van der Waals surface area contributed by atoms with Gasteiger partial charge in [-0.25, -0.2) is 19.5 Å². The molecule has 0 fully saturated rings. The molecule has 2 aromatic rings. The number of hydrogen-bond acceptors (Lipinski definition) is 4. The SMILES string of the molecule is O=C(O)c1cc(=S)n2[nH]ncc2n1. The van der Waals surface area contributed by atoms with Crippen LogP contribution in [0.1, 0.15) is 10.5 Å². The molecule has 2 N–H and O–H groups in total. The molecule has 6 nitrogen and oxygen atoms in total. The Morgan fingerprint density at radius 1 is 1.69 bits per heavy atom. The van der Waals surface area contributed by atoms with Gasteiger partial charge in [-0.2, -0.15) is 5.10 Å². The number of H-pyrrole nitrogens is 1. The molecule has 0 spiro atoms. The maximum absolute atomic E-state index is 10.6. The van der Waals surface area contributed by atoms with Crippen molar-refractivity contribution in [3.63, 3.8) is 0 Å².